The lowest BCUT2D eigenvalue weighted by Crippen LogP contribution is -2.37. The van der Waals surface area contributed by atoms with E-state index in [0.29, 0.717) is 6.10 Å². The number of unbranched alkanes of at least 4 members (excludes halogenated alkanes) is 2. The van der Waals surface area contributed by atoms with Gasteiger partial charge in [-0.3, -0.25) is 0 Å². The summed E-state index contributed by atoms with van der Waals surface area (Å²) in [7, 11) is 0. The Bertz CT molecular complexity index is 139. The van der Waals surface area contributed by atoms with Crippen molar-refractivity contribution in [3.63, 3.8) is 0 Å². The van der Waals surface area contributed by atoms with E-state index in [1.807, 2.05) is 0 Å². The van der Waals surface area contributed by atoms with Crippen LogP contribution in [0.3, 0.4) is 0 Å². The molecular weight excluding hydrogens is 186 g/mol. The van der Waals surface area contributed by atoms with Crippen molar-refractivity contribution in [1.82, 2.24) is 4.90 Å². The van der Waals surface area contributed by atoms with Crippen molar-refractivity contribution in [1.29, 1.82) is 0 Å². The maximum atomic E-state index is 5.88. The highest BCUT2D eigenvalue weighted by Gasteiger charge is 2.18. The van der Waals surface area contributed by atoms with Crippen molar-refractivity contribution in [2.75, 3.05) is 26.2 Å². The van der Waals surface area contributed by atoms with Gasteiger partial charge >= 0.3 is 0 Å². The van der Waals surface area contributed by atoms with E-state index in [-0.39, 0.29) is 0 Å². The zero-order valence-electron chi connectivity index (χ0n) is 10.5. The van der Waals surface area contributed by atoms with Crippen molar-refractivity contribution in [3.05, 3.63) is 0 Å². The standard InChI is InChI=1S/C13H27NO/c1-3-5-6-12-15-13-7-10-14(9-4-2)11-8-13/h13H,3-12H2,1-2H3. The van der Waals surface area contributed by atoms with Gasteiger partial charge in [-0.1, -0.05) is 26.7 Å². The highest BCUT2D eigenvalue weighted by Crippen LogP contribution is 2.14. The van der Waals surface area contributed by atoms with Crippen LogP contribution in [0.1, 0.15) is 52.4 Å². The molecule has 0 N–H and O–H groups in total. The number of ether oxygens (including phenoxy) is 1. The fourth-order valence-corrected chi connectivity index (χ4v) is 2.22. The summed E-state index contributed by atoms with van der Waals surface area (Å²) in [6, 6.07) is 0. The van der Waals surface area contributed by atoms with Crippen LogP contribution >= 0.6 is 0 Å². The molecule has 1 saturated heterocycles. The summed E-state index contributed by atoms with van der Waals surface area (Å²) in [5.74, 6) is 0. The highest BCUT2D eigenvalue weighted by molar-refractivity contribution is 4.71. The molecule has 0 aromatic rings. The Morgan fingerprint density at radius 1 is 1.07 bits per heavy atom. The Kier molecular flexibility index (Phi) is 7.03. The van der Waals surface area contributed by atoms with Crippen molar-refractivity contribution >= 4 is 0 Å². The van der Waals surface area contributed by atoms with Gasteiger partial charge in [-0.15, -0.1) is 0 Å². The molecule has 90 valence electrons. The Morgan fingerprint density at radius 2 is 1.80 bits per heavy atom. The molecule has 1 aliphatic rings. The van der Waals surface area contributed by atoms with Gasteiger partial charge < -0.3 is 9.64 Å². The maximum absolute atomic E-state index is 5.88. The Morgan fingerprint density at radius 3 is 2.40 bits per heavy atom. The Balaban J connectivity index is 1.99. The molecule has 2 nitrogen and oxygen atoms in total. The first-order chi connectivity index (χ1) is 7.36. The summed E-state index contributed by atoms with van der Waals surface area (Å²) in [6.45, 7) is 9.23. The van der Waals surface area contributed by atoms with Crippen LogP contribution in [0.15, 0.2) is 0 Å². The number of hydrogen-bond donors (Lipinski definition) is 0. The molecule has 0 radical (unpaired) electrons. The second kappa shape index (κ2) is 8.12. The Labute approximate surface area is 95.0 Å². The van der Waals surface area contributed by atoms with Gasteiger partial charge in [-0.25, -0.2) is 0 Å². The van der Waals surface area contributed by atoms with Crippen LogP contribution in [-0.4, -0.2) is 37.2 Å². The van der Waals surface area contributed by atoms with Crippen LogP contribution in [0, 0.1) is 0 Å². The largest absolute Gasteiger partial charge is 0.378 e. The summed E-state index contributed by atoms with van der Waals surface area (Å²) >= 11 is 0. The van der Waals surface area contributed by atoms with Crippen molar-refractivity contribution in [3.8, 4) is 0 Å². The lowest BCUT2D eigenvalue weighted by atomic mass is 10.1. The topological polar surface area (TPSA) is 12.5 Å². The van der Waals surface area contributed by atoms with E-state index in [1.54, 1.807) is 0 Å². The maximum Gasteiger partial charge on any atom is 0.0599 e. The molecule has 0 saturated carbocycles. The fraction of sp³-hybridized carbons (Fsp3) is 1.00. The molecule has 0 spiro atoms. The van der Waals surface area contributed by atoms with E-state index in [1.165, 1.54) is 58.2 Å². The molecular formula is C13H27NO. The van der Waals surface area contributed by atoms with E-state index in [4.69, 9.17) is 4.74 Å². The molecule has 0 aromatic carbocycles. The van der Waals surface area contributed by atoms with Crippen LogP contribution in [0.25, 0.3) is 0 Å². The molecule has 1 fully saturated rings. The first-order valence-electron chi connectivity index (χ1n) is 6.70. The second-order valence-electron chi connectivity index (χ2n) is 4.62. The number of hydrogen-bond acceptors (Lipinski definition) is 2. The first-order valence-corrected chi connectivity index (χ1v) is 6.70. The van der Waals surface area contributed by atoms with Crippen LogP contribution in [0.2, 0.25) is 0 Å². The van der Waals surface area contributed by atoms with E-state index in [9.17, 15) is 0 Å². The molecule has 2 heteroatoms. The van der Waals surface area contributed by atoms with Crippen LogP contribution in [0.4, 0.5) is 0 Å². The number of piperidine rings is 1. The number of rotatable bonds is 7. The third-order valence-electron chi connectivity index (χ3n) is 3.18. The van der Waals surface area contributed by atoms with Gasteiger partial charge in [0.25, 0.3) is 0 Å². The molecule has 1 rings (SSSR count). The summed E-state index contributed by atoms with van der Waals surface area (Å²) < 4.78 is 5.88. The van der Waals surface area contributed by atoms with Crippen LogP contribution in [-0.2, 0) is 4.74 Å². The van der Waals surface area contributed by atoms with E-state index < -0.39 is 0 Å². The second-order valence-corrected chi connectivity index (χ2v) is 4.62. The quantitative estimate of drug-likeness (QED) is 0.603. The molecule has 0 aromatic heterocycles. The minimum Gasteiger partial charge on any atom is -0.378 e. The monoisotopic (exact) mass is 213 g/mol. The molecule has 0 amide bonds. The molecule has 15 heavy (non-hydrogen) atoms. The summed E-state index contributed by atoms with van der Waals surface area (Å²) in [5.41, 5.74) is 0. The zero-order chi connectivity index (χ0) is 10.9. The molecule has 0 bridgehead atoms. The van der Waals surface area contributed by atoms with Gasteiger partial charge in [-0.2, -0.15) is 0 Å². The summed E-state index contributed by atoms with van der Waals surface area (Å²) in [6.07, 6.45) is 8.16. The molecule has 0 aliphatic carbocycles. The molecule has 0 unspecified atom stereocenters. The average molecular weight is 213 g/mol. The lowest BCUT2D eigenvalue weighted by molar-refractivity contribution is 0.00606. The van der Waals surface area contributed by atoms with E-state index in [0.717, 1.165) is 6.61 Å². The van der Waals surface area contributed by atoms with Gasteiger partial charge in [-0.05, 0) is 32.2 Å². The van der Waals surface area contributed by atoms with Gasteiger partial charge in [0, 0.05) is 19.7 Å². The van der Waals surface area contributed by atoms with Crippen LogP contribution in [0.5, 0.6) is 0 Å². The smallest absolute Gasteiger partial charge is 0.0599 e. The third-order valence-corrected chi connectivity index (χ3v) is 3.18. The zero-order valence-corrected chi connectivity index (χ0v) is 10.5. The van der Waals surface area contributed by atoms with Gasteiger partial charge in [0.2, 0.25) is 0 Å². The third kappa shape index (κ3) is 5.53. The van der Waals surface area contributed by atoms with Crippen molar-refractivity contribution in [2.45, 2.75) is 58.5 Å². The van der Waals surface area contributed by atoms with Gasteiger partial charge in [0.15, 0.2) is 0 Å². The fourth-order valence-electron chi connectivity index (χ4n) is 2.22. The van der Waals surface area contributed by atoms with Crippen LogP contribution < -0.4 is 0 Å². The predicted molar refractivity (Wildman–Crippen MR) is 65.2 cm³/mol. The first kappa shape index (κ1) is 13.0. The molecule has 1 aliphatic heterocycles. The highest BCUT2D eigenvalue weighted by atomic mass is 16.5. The Hall–Kier alpha value is -0.0800. The lowest BCUT2D eigenvalue weighted by Gasteiger charge is -2.31. The van der Waals surface area contributed by atoms with Crippen molar-refractivity contribution in [2.24, 2.45) is 0 Å². The average Bonchev–Trinajstić information content (AvgIpc) is 2.27. The van der Waals surface area contributed by atoms with Gasteiger partial charge in [0.1, 0.15) is 0 Å². The number of likely N-dealkylation sites (tertiary alicyclic amines) is 1. The predicted octanol–water partition coefficient (Wildman–Crippen LogP) is 3.07. The molecule has 0 atom stereocenters. The SMILES string of the molecule is CCCCCOC1CCN(CCC)CC1. The minimum absolute atomic E-state index is 0.551. The molecule has 1 heterocycles. The van der Waals surface area contributed by atoms with Gasteiger partial charge in [0.05, 0.1) is 6.10 Å². The number of nitrogens with zero attached hydrogens (tertiary/aromatic N) is 1. The summed E-state index contributed by atoms with van der Waals surface area (Å²) in [5, 5.41) is 0. The summed E-state index contributed by atoms with van der Waals surface area (Å²) in [4.78, 5) is 2.56. The van der Waals surface area contributed by atoms with Crippen molar-refractivity contribution < 1.29 is 4.74 Å². The minimum atomic E-state index is 0.551. The normalized spacial score (nSPS) is 19.6. The van der Waals surface area contributed by atoms with E-state index in [2.05, 4.69) is 18.7 Å². The van der Waals surface area contributed by atoms with E-state index >= 15 is 0 Å².